The van der Waals surface area contributed by atoms with E-state index in [9.17, 15) is 9.59 Å². The first-order valence-corrected chi connectivity index (χ1v) is 7.15. The third-order valence-corrected chi connectivity index (χ3v) is 3.61. The van der Waals surface area contributed by atoms with E-state index in [1.165, 1.54) is 6.92 Å². The van der Waals surface area contributed by atoms with Crippen molar-refractivity contribution >= 4 is 25.5 Å². The number of rotatable bonds is 4. The van der Waals surface area contributed by atoms with Crippen LogP contribution in [0.1, 0.15) is 30.9 Å². The molecule has 116 valence electrons. The smallest absolute Gasteiger partial charge is 0.341 e. The van der Waals surface area contributed by atoms with Gasteiger partial charge in [-0.25, -0.2) is 4.79 Å². The Bertz CT molecular complexity index is 591. The summed E-state index contributed by atoms with van der Waals surface area (Å²) in [7, 11) is 5.91. The first-order valence-electron chi connectivity index (χ1n) is 7.15. The van der Waals surface area contributed by atoms with E-state index in [4.69, 9.17) is 17.8 Å². The van der Waals surface area contributed by atoms with Crippen LogP contribution in [0, 0.1) is 0 Å². The Balaban J connectivity index is 2.39. The highest BCUT2D eigenvalue weighted by molar-refractivity contribution is 6.04. The summed E-state index contributed by atoms with van der Waals surface area (Å²) in [6.45, 7) is 4.46. The highest BCUT2D eigenvalue weighted by Gasteiger charge is 2.21. The Labute approximate surface area is 130 Å². The lowest BCUT2D eigenvalue weighted by molar-refractivity contribution is -0.139. The van der Waals surface area contributed by atoms with Gasteiger partial charge in [-0.3, -0.25) is 4.79 Å². The molecular formula is C15H19BN2O4. The maximum Gasteiger partial charge on any atom is 0.341 e. The Morgan fingerprint density at radius 2 is 2.23 bits per heavy atom. The van der Waals surface area contributed by atoms with Gasteiger partial charge in [0, 0.05) is 6.92 Å². The average Bonchev–Trinajstić information content (AvgIpc) is 2.55. The number of ether oxygens (including phenoxy) is 1. The van der Waals surface area contributed by atoms with E-state index in [1.807, 2.05) is 6.07 Å². The van der Waals surface area contributed by atoms with Gasteiger partial charge in [0.2, 0.25) is 5.91 Å². The number of fused-ring (bicyclic) bond motifs is 1. The van der Waals surface area contributed by atoms with Crippen molar-refractivity contribution in [2.24, 2.45) is 0 Å². The molecule has 1 atom stereocenters. The van der Waals surface area contributed by atoms with Crippen LogP contribution in [0.3, 0.4) is 0 Å². The van der Waals surface area contributed by atoms with Crippen LogP contribution in [0.5, 0.6) is 5.75 Å². The maximum absolute atomic E-state index is 11.4. The molecule has 0 fully saturated rings. The van der Waals surface area contributed by atoms with Crippen molar-refractivity contribution in [2.75, 3.05) is 25.0 Å². The minimum Gasteiger partial charge on any atom is -0.480 e. The van der Waals surface area contributed by atoms with Crippen molar-refractivity contribution in [3.63, 3.8) is 0 Å². The lowest BCUT2D eigenvalue weighted by Crippen LogP contribution is -2.24. The van der Waals surface area contributed by atoms with Crippen LogP contribution in [-0.4, -0.2) is 49.5 Å². The normalized spacial score (nSPS) is 18.2. The van der Waals surface area contributed by atoms with Crippen LogP contribution in [-0.2, 0) is 16.0 Å². The largest absolute Gasteiger partial charge is 0.480 e. The number of nitrogens with one attached hydrogen (secondary N) is 1. The Morgan fingerprint density at radius 1 is 1.50 bits per heavy atom. The second-order valence-corrected chi connectivity index (χ2v) is 5.56. The first-order chi connectivity index (χ1) is 10.4. The van der Waals surface area contributed by atoms with Crippen LogP contribution >= 0.6 is 0 Å². The van der Waals surface area contributed by atoms with Crippen molar-refractivity contribution in [2.45, 2.75) is 26.2 Å². The number of anilines is 1. The molecule has 2 rings (SSSR count). The minimum atomic E-state index is -1.06. The Morgan fingerprint density at radius 3 is 2.86 bits per heavy atom. The number of carboxylic acid groups (broad SMARTS) is 1. The number of carbonyl (C=O) groups excluding carboxylic acids is 1. The van der Waals surface area contributed by atoms with Gasteiger partial charge in [-0.05, 0) is 48.7 Å². The molecule has 1 aliphatic heterocycles. The fraction of sp³-hybridized carbons (Fsp3) is 0.467. The number of hydrogen-bond acceptors (Lipinski definition) is 4. The van der Waals surface area contributed by atoms with Gasteiger partial charge in [-0.15, -0.1) is 0 Å². The quantitative estimate of drug-likeness (QED) is 0.816. The van der Waals surface area contributed by atoms with Crippen LogP contribution in [0.15, 0.2) is 12.1 Å². The molecule has 2 N–H and O–H groups in total. The van der Waals surface area contributed by atoms with E-state index in [1.54, 1.807) is 10.9 Å². The van der Waals surface area contributed by atoms with E-state index in [2.05, 4.69) is 12.2 Å². The third-order valence-electron chi connectivity index (χ3n) is 3.61. The Hall–Kier alpha value is -2.02. The summed E-state index contributed by atoms with van der Waals surface area (Å²) in [4.78, 5) is 23.8. The highest BCUT2D eigenvalue weighted by Crippen LogP contribution is 2.34. The number of amides is 1. The molecule has 0 saturated heterocycles. The SMILES string of the molecule is [B]N1CCc2cc(OCC(=O)O)c(NC(C)=O)cc2C(C)C1. The Kier molecular flexibility index (Phi) is 5.08. The van der Waals surface area contributed by atoms with Crippen molar-refractivity contribution in [3.05, 3.63) is 23.3 Å². The molecule has 6 nitrogen and oxygen atoms in total. The summed E-state index contributed by atoms with van der Waals surface area (Å²) < 4.78 is 5.31. The van der Waals surface area contributed by atoms with Crippen LogP contribution < -0.4 is 10.1 Å². The number of carbonyl (C=O) groups is 2. The summed E-state index contributed by atoms with van der Waals surface area (Å²) in [5, 5.41) is 11.5. The van der Waals surface area contributed by atoms with Gasteiger partial charge < -0.3 is 20.0 Å². The molecule has 1 amide bonds. The molecule has 1 aliphatic rings. The van der Waals surface area contributed by atoms with Gasteiger partial charge in [-0.1, -0.05) is 6.92 Å². The summed E-state index contributed by atoms with van der Waals surface area (Å²) in [6, 6.07) is 3.66. The lowest BCUT2D eigenvalue weighted by atomic mass is 9.94. The summed E-state index contributed by atoms with van der Waals surface area (Å²) in [6.07, 6.45) is 0.750. The third kappa shape index (κ3) is 4.01. The molecule has 0 spiro atoms. The molecule has 0 saturated carbocycles. The number of aliphatic carboxylic acids is 1. The van der Waals surface area contributed by atoms with Gasteiger partial charge in [0.15, 0.2) is 14.6 Å². The maximum atomic E-state index is 11.4. The van der Waals surface area contributed by atoms with E-state index in [0.717, 1.165) is 30.6 Å². The average molecular weight is 302 g/mol. The van der Waals surface area contributed by atoms with Crippen molar-refractivity contribution in [3.8, 4) is 5.75 Å². The van der Waals surface area contributed by atoms with E-state index in [0.29, 0.717) is 11.4 Å². The molecule has 0 aliphatic carbocycles. The molecular weight excluding hydrogens is 283 g/mol. The van der Waals surface area contributed by atoms with Crippen LogP contribution in [0.4, 0.5) is 5.69 Å². The monoisotopic (exact) mass is 302 g/mol. The molecule has 0 bridgehead atoms. The van der Waals surface area contributed by atoms with Crippen molar-refractivity contribution in [1.29, 1.82) is 0 Å². The summed E-state index contributed by atoms with van der Waals surface area (Å²) >= 11 is 0. The topological polar surface area (TPSA) is 78.9 Å². The molecule has 7 heteroatoms. The van der Waals surface area contributed by atoms with Gasteiger partial charge in [0.25, 0.3) is 0 Å². The lowest BCUT2D eigenvalue weighted by Gasteiger charge is -2.19. The predicted molar refractivity (Wildman–Crippen MR) is 83.3 cm³/mol. The van der Waals surface area contributed by atoms with Gasteiger partial charge in [0.05, 0.1) is 5.69 Å². The fourth-order valence-electron chi connectivity index (χ4n) is 2.67. The molecule has 22 heavy (non-hydrogen) atoms. The fourth-order valence-corrected chi connectivity index (χ4v) is 2.67. The van der Waals surface area contributed by atoms with E-state index in [-0.39, 0.29) is 11.8 Å². The first kappa shape index (κ1) is 16.4. The molecule has 1 aromatic rings. The van der Waals surface area contributed by atoms with Crippen LogP contribution in [0.25, 0.3) is 0 Å². The zero-order valence-corrected chi connectivity index (χ0v) is 12.8. The van der Waals surface area contributed by atoms with Crippen molar-refractivity contribution < 1.29 is 19.4 Å². The molecule has 0 aromatic heterocycles. The zero-order chi connectivity index (χ0) is 16.3. The number of benzene rings is 1. The second kappa shape index (κ2) is 6.83. The highest BCUT2D eigenvalue weighted by atomic mass is 16.5. The number of nitrogens with zero attached hydrogens (tertiary/aromatic N) is 1. The van der Waals surface area contributed by atoms with Gasteiger partial charge in [0.1, 0.15) is 5.75 Å². The predicted octanol–water partition coefficient (Wildman–Crippen LogP) is 1.15. The van der Waals surface area contributed by atoms with Crippen LogP contribution in [0.2, 0.25) is 0 Å². The standard InChI is InChI=1S/C15H19BN2O4/c1-9-7-18(16)4-3-11-5-14(22-8-15(20)21)13(6-12(9)11)17-10(2)19/h5-6,9H,3-4,7-8H2,1-2H3,(H,17,19)(H,20,21). The van der Waals surface area contributed by atoms with Gasteiger partial charge >= 0.3 is 5.97 Å². The van der Waals surface area contributed by atoms with E-state index >= 15 is 0 Å². The summed E-state index contributed by atoms with van der Waals surface area (Å²) in [5.74, 6) is -0.718. The van der Waals surface area contributed by atoms with Gasteiger partial charge in [-0.2, -0.15) is 0 Å². The zero-order valence-electron chi connectivity index (χ0n) is 12.8. The number of carboxylic acids is 1. The molecule has 1 aromatic carbocycles. The van der Waals surface area contributed by atoms with Crippen molar-refractivity contribution in [1.82, 2.24) is 4.81 Å². The second-order valence-electron chi connectivity index (χ2n) is 5.56. The number of hydrogen-bond donors (Lipinski definition) is 2. The molecule has 1 unspecified atom stereocenters. The minimum absolute atomic E-state index is 0.212. The summed E-state index contributed by atoms with van der Waals surface area (Å²) in [5.41, 5.74) is 2.65. The molecule has 1 heterocycles. The molecule has 2 radical (unpaired) electrons. The van der Waals surface area contributed by atoms with E-state index < -0.39 is 12.6 Å².